The number of nitrogens with zero attached hydrogens (tertiary/aromatic N) is 1. The Hall–Kier alpha value is -1.97. The largest absolute Gasteiger partial charge is 0.459 e. The molecule has 9 heteroatoms. The van der Waals surface area contributed by atoms with Crippen molar-refractivity contribution in [1.29, 1.82) is 0 Å². The average Bonchev–Trinajstić information content (AvgIpc) is 2.48. The molecule has 1 rings (SSSR count). The van der Waals surface area contributed by atoms with Crippen LogP contribution >= 0.6 is 0 Å². The van der Waals surface area contributed by atoms with E-state index in [1.165, 1.54) is 12.1 Å². The summed E-state index contributed by atoms with van der Waals surface area (Å²) >= 11 is 0. The van der Waals surface area contributed by atoms with Crippen molar-refractivity contribution < 1.29 is 27.5 Å². The highest BCUT2D eigenvalue weighted by atomic mass is 32.2. The van der Waals surface area contributed by atoms with Crippen LogP contribution in [-0.4, -0.2) is 56.1 Å². The van der Waals surface area contributed by atoms with Crippen LogP contribution in [0.1, 0.15) is 47.1 Å². The van der Waals surface area contributed by atoms with Gasteiger partial charge in [0.15, 0.2) is 0 Å². The Kier molecular flexibility index (Phi) is 8.37. The van der Waals surface area contributed by atoms with Crippen molar-refractivity contribution in [2.24, 2.45) is 5.14 Å². The van der Waals surface area contributed by atoms with E-state index in [0.29, 0.717) is 13.0 Å². The van der Waals surface area contributed by atoms with Crippen molar-refractivity contribution in [3.8, 4) is 0 Å². The fraction of sp³-hybridized carbons (Fsp3) is 0.600. The molecule has 0 spiro atoms. The van der Waals surface area contributed by atoms with E-state index in [4.69, 9.17) is 14.6 Å². The fourth-order valence-corrected chi connectivity index (χ4v) is 2.98. The molecule has 0 radical (unpaired) electrons. The summed E-state index contributed by atoms with van der Waals surface area (Å²) in [4.78, 5) is 26.1. The Morgan fingerprint density at radius 3 is 1.66 bits per heavy atom. The number of carbonyl (C=O) groups is 2. The third kappa shape index (κ3) is 11.0. The Balaban J connectivity index is 2.81. The zero-order valence-corrected chi connectivity index (χ0v) is 18.8. The van der Waals surface area contributed by atoms with E-state index in [1.807, 2.05) is 0 Å². The van der Waals surface area contributed by atoms with Gasteiger partial charge >= 0.3 is 11.9 Å². The van der Waals surface area contributed by atoms with Crippen LogP contribution in [0, 0.1) is 0 Å². The number of benzene rings is 1. The van der Waals surface area contributed by atoms with Crippen molar-refractivity contribution in [3.63, 3.8) is 0 Å². The second-order valence-corrected chi connectivity index (χ2v) is 10.4. The number of hydrogen-bond donors (Lipinski definition) is 1. The van der Waals surface area contributed by atoms with E-state index in [-0.39, 0.29) is 18.0 Å². The molecular formula is C20H32N2O6S. The molecule has 0 aliphatic heterocycles. The summed E-state index contributed by atoms with van der Waals surface area (Å²) in [5, 5.41) is 5.10. The molecule has 0 aromatic heterocycles. The number of nitrogens with two attached hydrogens (primary N) is 1. The Labute approximate surface area is 173 Å². The smallest absolute Gasteiger partial charge is 0.320 e. The molecule has 164 valence electrons. The lowest BCUT2D eigenvalue weighted by Gasteiger charge is -2.26. The first-order valence-electron chi connectivity index (χ1n) is 9.33. The monoisotopic (exact) mass is 428 g/mol. The molecule has 8 nitrogen and oxygen atoms in total. The lowest BCUT2D eigenvalue weighted by Crippen LogP contribution is -2.40. The normalized spacial score (nSPS) is 12.7. The Morgan fingerprint density at radius 1 is 0.897 bits per heavy atom. The quantitative estimate of drug-likeness (QED) is 0.628. The first-order chi connectivity index (χ1) is 13.0. The first kappa shape index (κ1) is 25.1. The van der Waals surface area contributed by atoms with Gasteiger partial charge in [0.25, 0.3) is 0 Å². The highest BCUT2D eigenvalue weighted by Crippen LogP contribution is 2.12. The van der Waals surface area contributed by atoms with Gasteiger partial charge in [-0.2, -0.15) is 0 Å². The molecule has 0 amide bonds. The first-order valence-corrected chi connectivity index (χ1v) is 10.9. The van der Waals surface area contributed by atoms with Crippen molar-refractivity contribution in [1.82, 2.24) is 4.90 Å². The number of rotatable bonds is 8. The topological polar surface area (TPSA) is 116 Å². The van der Waals surface area contributed by atoms with Gasteiger partial charge in [-0.05, 0) is 65.7 Å². The molecule has 29 heavy (non-hydrogen) atoms. The fourth-order valence-electron chi connectivity index (χ4n) is 2.46. The van der Waals surface area contributed by atoms with Gasteiger partial charge in [-0.15, -0.1) is 0 Å². The SMILES string of the molecule is CC(C)(C)OC(=O)CN(CCc1ccc(S(N)(=O)=O)cc1)CC(=O)OC(C)(C)C. The van der Waals surface area contributed by atoms with Gasteiger partial charge in [-0.25, -0.2) is 13.6 Å². The molecule has 0 aliphatic rings. The van der Waals surface area contributed by atoms with E-state index >= 15 is 0 Å². The standard InChI is InChI=1S/C20H32N2O6S/c1-19(2,3)27-17(23)13-22(14-18(24)28-20(4,5)6)12-11-15-7-9-16(10-8-15)29(21,25)26/h7-10H,11-14H2,1-6H3,(H2,21,25,26). The number of esters is 2. The number of primary sulfonamides is 1. The summed E-state index contributed by atoms with van der Waals surface area (Å²) in [7, 11) is -3.75. The lowest BCUT2D eigenvalue weighted by atomic mass is 10.1. The number of ether oxygens (including phenoxy) is 2. The van der Waals surface area contributed by atoms with Crippen molar-refractivity contribution in [2.75, 3.05) is 19.6 Å². The molecule has 0 aliphatic carbocycles. The van der Waals surface area contributed by atoms with E-state index in [2.05, 4.69) is 0 Å². The summed E-state index contributed by atoms with van der Waals surface area (Å²) < 4.78 is 33.4. The van der Waals surface area contributed by atoms with Crippen LogP contribution < -0.4 is 5.14 Å². The summed E-state index contributed by atoms with van der Waals surface area (Å²) in [6.45, 7) is 10.9. The van der Waals surface area contributed by atoms with E-state index in [1.54, 1.807) is 58.6 Å². The van der Waals surface area contributed by atoms with Crippen LogP contribution in [0.25, 0.3) is 0 Å². The lowest BCUT2D eigenvalue weighted by molar-refractivity contribution is -0.159. The molecular weight excluding hydrogens is 396 g/mol. The van der Waals surface area contributed by atoms with Crippen molar-refractivity contribution in [3.05, 3.63) is 29.8 Å². The van der Waals surface area contributed by atoms with Crippen LogP contribution in [0.4, 0.5) is 0 Å². The van der Waals surface area contributed by atoms with Gasteiger partial charge in [0.2, 0.25) is 10.0 Å². The third-order valence-corrected chi connectivity index (χ3v) is 4.44. The van der Waals surface area contributed by atoms with Gasteiger partial charge in [0.1, 0.15) is 11.2 Å². The molecule has 0 atom stereocenters. The Bertz CT molecular complexity index is 775. The van der Waals surface area contributed by atoms with Gasteiger partial charge in [0, 0.05) is 6.54 Å². The highest BCUT2D eigenvalue weighted by molar-refractivity contribution is 7.89. The van der Waals surface area contributed by atoms with Crippen LogP contribution in [0.5, 0.6) is 0 Å². The molecule has 0 fully saturated rings. The predicted octanol–water partition coefficient (Wildman–Crippen LogP) is 1.86. The van der Waals surface area contributed by atoms with Gasteiger partial charge < -0.3 is 9.47 Å². The summed E-state index contributed by atoms with van der Waals surface area (Å²) in [5.74, 6) is -0.878. The van der Waals surface area contributed by atoms with Crippen molar-refractivity contribution in [2.45, 2.75) is 64.1 Å². The van der Waals surface area contributed by atoms with Crippen LogP contribution in [0.15, 0.2) is 29.2 Å². The van der Waals surface area contributed by atoms with Crippen molar-refractivity contribution >= 4 is 22.0 Å². The molecule has 0 bridgehead atoms. The van der Waals surface area contributed by atoms with Gasteiger partial charge in [0.05, 0.1) is 18.0 Å². The summed E-state index contributed by atoms with van der Waals surface area (Å²) in [5.41, 5.74) is -0.410. The summed E-state index contributed by atoms with van der Waals surface area (Å²) in [6.07, 6.45) is 0.497. The molecule has 0 saturated heterocycles. The van der Waals surface area contributed by atoms with Crippen LogP contribution in [0.2, 0.25) is 0 Å². The summed E-state index contributed by atoms with van der Waals surface area (Å²) in [6, 6.07) is 6.16. The van der Waals surface area contributed by atoms with Gasteiger partial charge in [-0.1, -0.05) is 12.1 Å². The number of sulfonamides is 1. The second-order valence-electron chi connectivity index (χ2n) is 8.82. The maximum absolute atomic E-state index is 12.2. The molecule has 0 saturated carbocycles. The minimum Gasteiger partial charge on any atom is -0.459 e. The molecule has 2 N–H and O–H groups in total. The van der Waals surface area contributed by atoms with Crippen LogP contribution in [0.3, 0.4) is 0 Å². The van der Waals surface area contributed by atoms with Crippen LogP contribution in [-0.2, 0) is 35.5 Å². The van der Waals surface area contributed by atoms with E-state index in [0.717, 1.165) is 5.56 Å². The minimum absolute atomic E-state index is 0.0283. The zero-order chi connectivity index (χ0) is 22.5. The van der Waals surface area contributed by atoms with Gasteiger partial charge in [-0.3, -0.25) is 14.5 Å². The predicted molar refractivity (Wildman–Crippen MR) is 110 cm³/mol. The Morgan fingerprint density at radius 2 is 1.31 bits per heavy atom. The maximum atomic E-state index is 12.2. The highest BCUT2D eigenvalue weighted by Gasteiger charge is 2.23. The molecule has 1 aromatic rings. The zero-order valence-electron chi connectivity index (χ0n) is 18.0. The third-order valence-electron chi connectivity index (χ3n) is 3.51. The van der Waals surface area contributed by atoms with E-state index < -0.39 is 33.2 Å². The number of carbonyl (C=O) groups excluding carboxylic acids is 2. The average molecular weight is 429 g/mol. The maximum Gasteiger partial charge on any atom is 0.320 e. The van der Waals surface area contributed by atoms with E-state index in [9.17, 15) is 18.0 Å². The molecule has 1 aromatic carbocycles. The molecule has 0 unspecified atom stereocenters. The number of hydrogen-bond acceptors (Lipinski definition) is 7. The second kappa shape index (κ2) is 9.69. The minimum atomic E-state index is -3.75. The molecule has 0 heterocycles.